The number of carboxylic acid groups (broad SMARTS) is 1. The predicted octanol–water partition coefficient (Wildman–Crippen LogP) is 2.87. The molecule has 1 aromatic rings. The summed E-state index contributed by atoms with van der Waals surface area (Å²) in [5.41, 5.74) is -0.291. The van der Waals surface area contributed by atoms with Crippen molar-refractivity contribution < 1.29 is 18.3 Å². The highest BCUT2D eigenvalue weighted by Crippen LogP contribution is 2.29. The van der Waals surface area contributed by atoms with Crippen LogP contribution in [0.4, 0.5) is 0 Å². The van der Waals surface area contributed by atoms with Crippen molar-refractivity contribution in [3.63, 3.8) is 0 Å². The van der Waals surface area contributed by atoms with Gasteiger partial charge in [-0.1, -0.05) is 23.2 Å². The monoisotopic (exact) mass is 369 g/mol. The Kier molecular flexibility index (Phi) is 5.43. The molecule has 1 fully saturated rings. The Morgan fingerprint density at radius 3 is 2.43 bits per heavy atom. The Labute approximate surface area is 137 Å². The van der Waals surface area contributed by atoms with Crippen molar-refractivity contribution in [2.75, 3.05) is 11.5 Å². The normalized spacial score (nSPS) is 16.9. The van der Waals surface area contributed by atoms with Crippen LogP contribution in [-0.2, 0) is 10.0 Å². The molecule has 1 saturated heterocycles. The summed E-state index contributed by atoms with van der Waals surface area (Å²) in [4.78, 5) is 10.8. The standard InChI is InChI=1S/C12H13Cl2NO4S2/c13-9-6-10(14)11(5-8(9)12(16)17)21(18,19)15-7-1-3-20-4-2-7/h5-7,15H,1-4H2,(H,16,17). The fraction of sp³-hybridized carbons (Fsp3) is 0.417. The highest BCUT2D eigenvalue weighted by Gasteiger charge is 2.26. The summed E-state index contributed by atoms with van der Waals surface area (Å²) in [6.45, 7) is 0. The first kappa shape index (κ1) is 16.9. The van der Waals surface area contributed by atoms with Crippen LogP contribution in [0.25, 0.3) is 0 Å². The average molecular weight is 370 g/mol. The second-order valence-electron chi connectivity index (χ2n) is 4.58. The summed E-state index contributed by atoms with van der Waals surface area (Å²) in [6.07, 6.45) is 1.47. The third kappa shape index (κ3) is 4.04. The molecule has 0 aliphatic carbocycles. The molecule has 0 radical (unpaired) electrons. The number of hydrogen-bond acceptors (Lipinski definition) is 4. The molecule has 1 heterocycles. The van der Waals surface area contributed by atoms with Crippen LogP contribution in [0.5, 0.6) is 0 Å². The first-order chi connectivity index (χ1) is 9.81. The molecular weight excluding hydrogens is 357 g/mol. The summed E-state index contributed by atoms with van der Waals surface area (Å²) in [6, 6.07) is 1.97. The molecule has 1 aliphatic heterocycles. The quantitative estimate of drug-likeness (QED) is 0.852. The van der Waals surface area contributed by atoms with Crippen LogP contribution < -0.4 is 4.72 Å². The Bertz CT molecular complexity index is 657. The van der Waals surface area contributed by atoms with Crippen LogP contribution in [0.3, 0.4) is 0 Å². The van der Waals surface area contributed by atoms with Gasteiger partial charge in [-0.05, 0) is 36.5 Å². The molecular formula is C12H13Cl2NO4S2. The van der Waals surface area contributed by atoms with Crippen LogP contribution in [0.1, 0.15) is 23.2 Å². The Morgan fingerprint density at radius 2 is 1.86 bits per heavy atom. The molecule has 0 atom stereocenters. The van der Waals surface area contributed by atoms with Crippen molar-refractivity contribution in [2.45, 2.75) is 23.8 Å². The first-order valence-electron chi connectivity index (χ1n) is 6.13. The predicted molar refractivity (Wildman–Crippen MR) is 84.1 cm³/mol. The van der Waals surface area contributed by atoms with E-state index in [0.717, 1.165) is 36.5 Å². The SMILES string of the molecule is O=C(O)c1cc(S(=O)(=O)NC2CCSCC2)c(Cl)cc1Cl. The minimum atomic E-state index is -3.88. The van der Waals surface area contributed by atoms with Gasteiger partial charge in [0.15, 0.2) is 0 Å². The molecule has 116 valence electrons. The van der Waals surface area contributed by atoms with E-state index in [1.165, 1.54) is 0 Å². The molecule has 0 aromatic heterocycles. The third-order valence-corrected chi connectivity index (χ3v) is 6.43. The van der Waals surface area contributed by atoms with Crippen molar-refractivity contribution in [2.24, 2.45) is 0 Å². The van der Waals surface area contributed by atoms with Gasteiger partial charge in [0.05, 0.1) is 15.6 Å². The second kappa shape index (κ2) is 6.75. The smallest absolute Gasteiger partial charge is 0.337 e. The zero-order valence-corrected chi connectivity index (χ0v) is 13.9. The summed E-state index contributed by atoms with van der Waals surface area (Å²) in [5, 5.41) is 8.83. The van der Waals surface area contributed by atoms with Gasteiger partial charge in [-0.3, -0.25) is 0 Å². The molecule has 5 nitrogen and oxygen atoms in total. The topological polar surface area (TPSA) is 83.5 Å². The van der Waals surface area contributed by atoms with E-state index in [2.05, 4.69) is 4.72 Å². The zero-order chi connectivity index (χ0) is 15.6. The van der Waals surface area contributed by atoms with E-state index < -0.39 is 16.0 Å². The fourth-order valence-electron chi connectivity index (χ4n) is 2.00. The van der Waals surface area contributed by atoms with Crippen molar-refractivity contribution in [1.29, 1.82) is 0 Å². The number of carbonyl (C=O) groups is 1. The lowest BCUT2D eigenvalue weighted by molar-refractivity contribution is 0.0697. The van der Waals surface area contributed by atoms with Gasteiger partial charge in [0.1, 0.15) is 4.90 Å². The lowest BCUT2D eigenvalue weighted by Gasteiger charge is -2.22. The summed E-state index contributed by atoms with van der Waals surface area (Å²) in [5.74, 6) is 0.478. The maximum absolute atomic E-state index is 12.4. The third-order valence-electron chi connectivity index (χ3n) is 3.08. The maximum atomic E-state index is 12.4. The van der Waals surface area contributed by atoms with E-state index in [0.29, 0.717) is 0 Å². The van der Waals surface area contributed by atoms with E-state index in [4.69, 9.17) is 28.3 Å². The molecule has 0 unspecified atom stereocenters. The minimum absolute atomic E-state index is 0.0947. The summed E-state index contributed by atoms with van der Waals surface area (Å²) in [7, 11) is -3.88. The van der Waals surface area contributed by atoms with Crippen LogP contribution >= 0.6 is 35.0 Å². The summed E-state index contributed by atoms with van der Waals surface area (Å²) >= 11 is 13.4. The van der Waals surface area contributed by atoms with Crippen LogP contribution in [0.15, 0.2) is 17.0 Å². The number of hydrogen-bond donors (Lipinski definition) is 2. The number of sulfonamides is 1. The molecule has 1 aromatic carbocycles. The first-order valence-corrected chi connectivity index (χ1v) is 9.53. The lowest BCUT2D eigenvalue weighted by Crippen LogP contribution is -2.37. The van der Waals surface area contributed by atoms with Gasteiger partial charge >= 0.3 is 5.97 Å². The number of carboxylic acids is 1. The van der Waals surface area contributed by atoms with Gasteiger partial charge in [0, 0.05) is 6.04 Å². The number of thioether (sulfide) groups is 1. The number of nitrogens with one attached hydrogen (secondary N) is 1. The second-order valence-corrected chi connectivity index (χ2v) is 8.30. The molecule has 0 bridgehead atoms. The largest absolute Gasteiger partial charge is 0.478 e. The van der Waals surface area contributed by atoms with Gasteiger partial charge in [-0.15, -0.1) is 0 Å². The number of halogens is 2. The highest BCUT2D eigenvalue weighted by atomic mass is 35.5. The van der Waals surface area contributed by atoms with E-state index in [1.54, 1.807) is 11.8 Å². The molecule has 1 aliphatic rings. The molecule has 0 saturated carbocycles. The fourth-order valence-corrected chi connectivity index (χ4v) is 5.26. The Morgan fingerprint density at radius 1 is 1.24 bits per heavy atom. The Balaban J connectivity index is 2.34. The van der Waals surface area contributed by atoms with Gasteiger partial charge in [-0.25, -0.2) is 17.9 Å². The molecule has 21 heavy (non-hydrogen) atoms. The number of rotatable bonds is 4. The lowest BCUT2D eigenvalue weighted by atomic mass is 10.2. The van der Waals surface area contributed by atoms with Crippen LogP contribution in [0.2, 0.25) is 10.0 Å². The highest BCUT2D eigenvalue weighted by molar-refractivity contribution is 7.99. The van der Waals surface area contributed by atoms with E-state index in [1.807, 2.05) is 0 Å². The zero-order valence-electron chi connectivity index (χ0n) is 10.8. The molecule has 0 spiro atoms. The van der Waals surface area contributed by atoms with Crippen molar-refractivity contribution in [1.82, 2.24) is 4.72 Å². The van der Waals surface area contributed by atoms with Gasteiger partial charge < -0.3 is 5.11 Å². The van der Waals surface area contributed by atoms with E-state index >= 15 is 0 Å². The molecule has 0 amide bonds. The van der Waals surface area contributed by atoms with Crippen molar-refractivity contribution >= 4 is 51.0 Å². The van der Waals surface area contributed by atoms with Gasteiger partial charge in [0.25, 0.3) is 0 Å². The van der Waals surface area contributed by atoms with Crippen molar-refractivity contribution in [3.05, 3.63) is 27.7 Å². The van der Waals surface area contributed by atoms with Gasteiger partial charge in [-0.2, -0.15) is 11.8 Å². The minimum Gasteiger partial charge on any atom is -0.478 e. The van der Waals surface area contributed by atoms with E-state index in [9.17, 15) is 13.2 Å². The number of aromatic carboxylic acids is 1. The van der Waals surface area contributed by atoms with Crippen LogP contribution in [0, 0.1) is 0 Å². The van der Waals surface area contributed by atoms with E-state index in [-0.39, 0.29) is 26.5 Å². The Hall–Kier alpha value is -0.470. The summed E-state index contributed by atoms with van der Waals surface area (Å²) < 4.78 is 27.3. The molecule has 9 heteroatoms. The van der Waals surface area contributed by atoms with Crippen LogP contribution in [-0.4, -0.2) is 37.0 Å². The van der Waals surface area contributed by atoms with Crippen molar-refractivity contribution in [3.8, 4) is 0 Å². The van der Waals surface area contributed by atoms with Gasteiger partial charge in [0.2, 0.25) is 10.0 Å². The number of benzene rings is 1. The molecule has 2 N–H and O–H groups in total. The molecule has 2 rings (SSSR count). The average Bonchev–Trinajstić information content (AvgIpc) is 2.38. The maximum Gasteiger partial charge on any atom is 0.337 e.